The summed E-state index contributed by atoms with van der Waals surface area (Å²) in [6.07, 6.45) is 3.50. The van der Waals surface area contributed by atoms with Crippen molar-refractivity contribution in [1.29, 1.82) is 0 Å². The maximum absolute atomic E-state index is 13.7. The lowest BCUT2D eigenvalue weighted by molar-refractivity contribution is -0.116. The number of nitrogens with one attached hydrogen (secondary N) is 1. The quantitative estimate of drug-likeness (QED) is 0.725. The van der Waals surface area contributed by atoms with Crippen molar-refractivity contribution in [2.24, 2.45) is 0 Å². The zero-order chi connectivity index (χ0) is 17.8. The third-order valence-corrected chi connectivity index (χ3v) is 3.80. The molecule has 1 unspecified atom stereocenters. The number of hydrogen-bond donors (Lipinski definition) is 1. The van der Waals surface area contributed by atoms with E-state index in [0.717, 1.165) is 12.1 Å². The van der Waals surface area contributed by atoms with E-state index in [1.807, 2.05) is 0 Å². The van der Waals surface area contributed by atoms with E-state index in [9.17, 15) is 18.0 Å². The number of hydrogen-bond acceptors (Lipinski definition) is 1. The molecule has 1 atom stereocenters. The average molecular weight is 344 g/mol. The van der Waals surface area contributed by atoms with Crippen LogP contribution >= 0.6 is 0 Å². The van der Waals surface area contributed by atoms with Gasteiger partial charge in [0.05, 0.1) is 18.2 Å². The Morgan fingerprint density at radius 2 is 1.68 bits per heavy atom. The van der Waals surface area contributed by atoms with E-state index in [4.69, 9.17) is 0 Å². The van der Waals surface area contributed by atoms with Crippen molar-refractivity contribution in [3.63, 3.8) is 0 Å². The second-order valence-electron chi connectivity index (χ2n) is 5.58. The SMILES string of the molecule is O=C(CC(c1cccc(F)c1)n1cccc1)Nc1ccc(F)cc1F. The molecule has 128 valence electrons. The van der Waals surface area contributed by atoms with Gasteiger partial charge in [0, 0.05) is 18.5 Å². The Balaban J connectivity index is 1.82. The minimum absolute atomic E-state index is 0.0328. The first-order chi connectivity index (χ1) is 12.0. The topological polar surface area (TPSA) is 34.0 Å². The lowest BCUT2D eigenvalue weighted by Gasteiger charge is -2.19. The average Bonchev–Trinajstić information content (AvgIpc) is 3.09. The molecule has 25 heavy (non-hydrogen) atoms. The van der Waals surface area contributed by atoms with Gasteiger partial charge in [-0.3, -0.25) is 4.79 Å². The van der Waals surface area contributed by atoms with Gasteiger partial charge in [0.15, 0.2) is 0 Å². The van der Waals surface area contributed by atoms with Crippen LogP contribution in [0.15, 0.2) is 67.0 Å². The first kappa shape index (κ1) is 16.8. The highest BCUT2D eigenvalue weighted by Gasteiger charge is 2.19. The fraction of sp³-hybridized carbons (Fsp3) is 0.105. The Bertz CT molecular complexity index is 878. The number of carbonyl (C=O) groups is 1. The van der Waals surface area contributed by atoms with Gasteiger partial charge in [0.2, 0.25) is 5.91 Å². The summed E-state index contributed by atoms with van der Waals surface area (Å²) in [6, 6.07) is 12.0. The summed E-state index contributed by atoms with van der Waals surface area (Å²) in [6.45, 7) is 0. The Morgan fingerprint density at radius 3 is 2.36 bits per heavy atom. The Labute approximate surface area is 142 Å². The molecule has 1 heterocycles. The monoisotopic (exact) mass is 344 g/mol. The van der Waals surface area contributed by atoms with Crippen LogP contribution in [-0.2, 0) is 4.79 Å². The molecule has 0 spiro atoms. The lowest BCUT2D eigenvalue weighted by Crippen LogP contribution is -2.20. The van der Waals surface area contributed by atoms with Crippen molar-refractivity contribution in [3.8, 4) is 0 Å². The molecule has 3 aromatic rings. The van der Waals surface area contributed by atoms with Gasteiger partial charge in [-0.05, 0) is 42.0 Å². The summed E-state index contributed by atoms with van der Waals surface area (Å²) >= 11 is 0. The third-order valence-electron chi connectivity index (χ3n) is 3.80. The Hall–Kier alpha value is -3.02. The highest BCUT2D eigenvalue weighted by atomic mass is 19.1. The Kier molecular flexibility index (Phi) is 4.88. The molecule has 3 nitrogen and oxygen atoms in total. The molecule has 0 saturated heterocycles. The number of anilines is 1. The molecule has 6 heteroatoms. The van der Waals surface area contributed by atoms with Crippen LogP contribution in [0, 0.1) is 17.5 Å². The molecule has 0 aliphatic rings. The predicted molar refractivity (Wildman–Crippen MR) is 88.6 cm³/mol. The molecular weight excluding hydrogens is 329 g/mol. The second-order valence-corrected chi connectivity index (χ2v) is 5.58. The standard InChI is InChI=1S/C19H15F3N2O/c20-14-5-3-4-13(10-14)18(24-8-1-2-9-24)12-19(25)23-17-7-6-15(21)11-16(17)22/h1-11,18H,12H2,(H,23,25). The number of halogens is 3. The van der Waals surface area contributed by atoms with Crippen molar-refractivity contribution in [2.75, 3.05) is 5.32 Å². The number of aromatic nitrogens is 1. The molecule has 0 radical (unpaired) electrons. The van der Waals surface area contributed by atoms with Crippen molar-refractivity contribution in [3.05, 3.63) is 90.0 Å². The number of benzene rings is 2. The highest BCUT2D eigenvalue weighted by Crippen LogP contribution is 2.24. The number of rotatable bonds is 5. The van der Waals surface area contributed by atoms with E-state index in [-0.39, 0.29) is 12.1 Å². The molecule has 0 aliphatic carbocycles. The van der Waals surface area contributed by atoms with Gasteiger partial charge in [-0.15, -0.1) is 0 Å². The first-order valence-corrected chi connectivity index (χ1v) is 7.66. The summed E-state index contributed by atoms with van der Waals surface area (Å²) in [4.78, 5) is 12.3. The van der Waals surface area contributed by atoms with Crippen molar-refractivity contribution >= 4 is 11.6 Å². The van der Waals surface area contributed by atoms with Gasteiger partial charge >= 0.3 is 0 Å². The van der Waals surface area contributed by atoms with E-state index in [1.54, 1.807) is 41.2 Å². The van der Waals surface area contributed by atoms with Crippen LogP contribution in [0.1, 0.15) is 18.0 Å². The number of nitrogens with zero attached hydrogens (tertiary/aromatic N) is 1. The zero-order valence-corrected chi connectivity index (χ0v) is 13.1. The molecule has 1 N–H and O–H groups in total. The minimum atomic E-state index is -0.850. The molecular formula is C19H15F3N2O. The lowest BCUT2D eigenvalue weighted by atomic mass is 10.0. The van der Waals surface area contributed by atoms with Crippen LogP contribution in [0.3, 0.4) is 0 Å². The van der Waals surface area contributed by atoms with Crippen molar-refractivity contribution in [1.82, 2.24) is 4.57 Å². The Morgan fingerprint density at radius 1 is 0.960 bits per heavy atom. The number of amides is 1. The third kappa shape index (κ3) is 4.09. The van der Waals surface area contributed by atoms with Gasteiger partial charge in [0.25, 0.3) is 0 Å². The molecule has 0 aliphatic heterocycles. The summed E-state index contributed by atoms with van der Waals surface area (Å²) in [5, 5.41) is 2.43. The molecule has 1 amide bonds. The van der Waals surface area contributed by atoms with Crippen LogP contribution < -0.4 is 5.32 Å². The first-order valence-electron chi connectivity index (χ1n) is 7.66. The highest BCUT2D eigenvalue weighted by molar-refractivity contribution is 5.91. The van der Waals surface area contributed by atoms with Crippen molar-refractivity contribution in [2.45, 2.75) is 12.5 Å². The second kappa shape index (κ2) is 7.25. The van der Waals surface area contributed by atoms with E-state index in [0.29, 0.717) is 11.6 Å². The fourth-order valence-electron chi connectivity index (χ4n) is 2.63. The van der Waals surface area contributed by atoms with E-state index in [2.05, 4.69) is 5.32 Å². The molecule has 0 bridgehead atoms. The van der Waals surface area contributed by atoms with Crippen LogP contribution in [0.25, 0.3) is 0 Å². The summed E-state index contributed by atoms with van der Waals surface area (Å²) < 4.78 is 42.0. The van der Waals surface area contributed by atoms with Gasteiger partial charge in [-0.25, -0.2) is 13.2 Å². The minimum Gasteiger partial charge on any atom is -0.346 e. The van der Waals surface area contributed by atoms with Crippen LogP contribution in [0.5, 0.6) is 0 Å². The van der Waals surface area contributed by atoms with Crippen LogP contribution in [0.4, 0.5) is 18.9 Å². The molecule has 0 fully saturated rings. The van der Waals surface area contributed by atoms with Gasteiger partial charge in [-0.2, -0.15) is 0 Å². The summed E-state index contributed by atoms with van der Waals surface area (Å²) in [5.41, 5.74) is 0.517. The van der Waals surface area contributed by atoms with Crippen LogP contribution in [0.2, 0.25) is 0 Å². The zero-order valence-electron chi connectivity index (χ0n) is 13.1. The van der Waals surface area contributed by atoms with Gasteiger partial charge < -0.3 is 9.88 Å². The smallest absolute Gasteiger partial charge is 0.226 e. The normalized spacial score (nSPS) is 12.0. The van der Waals surface area contributed by atoms with Gasteiger partial charge in [-0.1, -0.05) is 12.1 Å². The predicted octanol–water partition coefficient (Wildman–Crippen LogP) is 4.52. The fourth-order valence-corrected chi connectivity index (χ4v) is 2.63. The maximum atomic E-state index is 13.7. The van der Waals surface area contributed by atoms with Gasteiger partial charge in [0.1, 0.15) is 17.5 Å². The molecule has 1 aromatic heterocycles. The molecule has 3 rings (SSSR count). The van der Waals surface area contributed by atoms with Crippen molar-refractivity contribution < 1.29 is 18.0 Å². The summed E-state index contributed by atoms with van der Waals surface area (Å²) in [7, 11) is 0. The molecule has 2 aromatic carbocycles. The van der Waals surface area contributed by atoms with Crippen LogP contribution in [-0.4, -0.2) is 10.5 Å². The summed E-state index contributed by atoms with van der Waals surface area (Å²) in [5.74, 6) is -2.44. The van der Waals surface area contributed by atoms with E-state index >= 15 is 0 Å². The number of carbonyl (C=O) groups excluding carboxylic acids is 1. The molecule has 0 saturated carbocycles. The maximum Gasteiger partial charge on any atom is 0.226 e. The van der Waals surface area contributed by atoms with E-state index in [1.165, 1.54) is 12.1 Å². The largest absolute Gasteiger partial charge is 0.346 e. The van der Waals surface area contributed by atoms with E-state index < -0.39 is 29.4 Å².